The third-order valence-corrected chi connectivity index (χ3v) is 27.2. The van der Waals surface area contributed by atoms with E-state index in [4.69, 9.17) is 8.22 Å². The van der Waals surface area contributed by atoms with E-state index in [0.717, 1.165) is 17.0 Å². The first-order chi connectivity index (χ1) is 55.5. The Kier molecular flexibility index (Phi) is 22.0. The second kappa shape index (κ2) is 32.3. The van der Waals surface area contributed by atoms with E-state index >= 15 is 0 Å². The van der Waals surface area contributed by atoms with E-state index in [2.05, 4.69) is 347 Å². The molecule has 0 radical (unpaired) electrons. The summed E-state index contributed by atoms with van der Waals surface area (Å²) < 4.78 is 56.8. The molecule has 0 bridgehead atoms. The Morgan fingerprint density at radius 1 is 0.219 bits per heavy atom. The number of nitrogens with zero attached hydrogens (tertiary/aromatic N) is 5. The molecule has 5 aromatic heterocycles. The standard InChI is InChI=1S/2C23H32N.2C22H30N.C19H18N/c2*1-15-12-21(24(8)14-17(15)3)18-13-20-19(11-16(18)2)22(4,5)9-10-23(20,6)7;2*1-15-8-9-20(23(7)14-15)17-13-19-18(12-16(17)2)21(3,4)10-11-22(19,5)6;1-15-8-6-7-11-18(15)19-13-12-17(14-20(19)2)16-9-4-3-5-10-16/h2*11-14H,9-10H2,1-8H3;2*8-9,12-14H,10-11H2,1-7H3;3-14H,1-2H3/q5*+1/i3D3;;1D3;;. The molecule has 0 N–H and O–H groups in total. The van der Waals surface area contributed by atoms with Gasteiger partial charge in [0.25, 0.3) is 0 Å². The van der Waals surface area contributed by atoms with Crippen LogP contribution < -0.4 is 22.8 Å². The number of pyridine rings is 5. The second-order valence-electron chi connectivity index (χ2n) is 40.1. The number of fused-ring (bicyclic) bond motifs is 4. The van der Waals surface area contributed by atoms with Crippen LogP contribution in [0.25, 0.3) is 67.4 Å². The van der Waals surface area contributed by atoms with Crippen LogP contribution in [-0.2, 0) is 78.6 Å². The zero-order valence-electron chi connectivity index (χ0n) is 81.7. The molecule has 5 nitrogen and oxygen atoms in total. The van der Waals surface area contributed by atoms with Crippen LogP contribution in [0.4, 0.5) is 0 Å². The maximum Gasteiger partial charge on any atom is 0.212 e. The lowest BCUT2D eigenvalue weighted by Crippen LogP contribution is -2.35. The fraction of sp³-hybridized carbons (Fsp3) is 0.440. The van der Waals surface area contributed by atoms with Gasteiger partial charge in [-0.2, -0.15) is 0 Å². The molecule has 4 aliphatic rings. The highest BCUT2D eigenvalue weighted by atomic mass is 14.9. The van der Waals surface area contributed by atoms with Gasteiger partial charge in [0.2, 0.25) is 28.5 Å². The highest BCUT2D eigenvalue weighted by molar-refractivity contribution is 5.71. The monoisotopic (exact) mass is 1530 g/mol. The van der Waals surface area contributed by atoms with Crippen molar-refractivity contribution in [2.24, 2.45) is 35.2 Å². The summed E-state index contributed by atoms with van der Waals surface area (Å²) in [5.41, 5.74) is 40.8. The third kappa shape index (κ3) is 17.9. The SMILES string of the molecule is Cc1cc(-c2cc3c(cc2C)C(C)(C)CCC3(C)C)[n+](C)cc1C.Cc1ccc(-c2cc3c(cc2C)C(C)(C)CCC3(C)C)[n+](C)c1.Cc1ccccc1-c1ccc(-c2ccccc2)c[n+]1C.[2H]C([2H])([2H])c1c[n+](C)c(-c2cc3c(cc2C)C(C)(C)CCC3(C)C)cc1C.[2H]C([2H])([2H])c1ccc(-c2cc3c(cc2C)C(C)(C)CCC3(C)C)[n+](C)c1. The van der Waals surface area contributed by atoms with Crippen molar-refractivity contribution in [2.75, 3.05) is 0 Å². The molecule has 15 rings (SSSR count). The summed E-state index contributed by atoms with van der Waals surface area (Å²) in [5.74, 6) is 0. The first-order valence-electron chi connectivity index (χ1n) is 45.2. The Bertz CT molecular complexity index is 5700. The van der Waals surface area contributed by atoms with E-state index in [9.17, 15) is 0 Å². The first-order valence-corrected chi connectivity index (χ1v) is 42.2. The zero-order chi connectivity index (χ0) is 88.7. The summed E-state index contributed by atoms with van der Waals surface area (Å²) in [6, 6.07) is 55.1. The van der Waals surface area contributed by atoms with Gasteiger partial charge in [-0.15, -0.1) is 0 Å². The minimum Gasteiger partial charge on any atom is -0.201 e. The van der Waals surface area contributed by atoms with Gasteiger partial charge in [0.1, 0.15) is 35.2 Å². The van der Waals surface area contributed by atoms with Crippen molar-refractivity contribution >= 4 is 0 Å². The van der Waals surface area contributed by atoms with Crippen LogP contribution in [0.1, 0.15) is 276 Å². The molecule has 0 aliphatic heterocycles. The summed E-state index contributed by atoms with van der Waals surface area (Å²) in [5, 5.41) is 0. The molecule has 0 unspecified atom stereocenters. The topological polar surface area (TPSA) is 19.4 Å². The molecule has 0 saturated heterocycles. The molecule has 0 atom stereocenters. The van der Waals surface area contributed by atoms with Gasteiger partial charge in [0.05, 0.1) is 0 Å². The molecule has 5 heterocycles. The number of benzene rings is 6. The van der Waals surface area contributed by atoms with Gasteiger partial charge in [-0.05, 0) is 308 Å². The molecule has 114 heavy (non-hydrogen) atoms. The summed E-state index contributed by atoms with van der Waals surface area (Å²) >= 11 is 0. The van der Waals surface area contributed by atoms with Crippen molar-refractivity contribution in [3.63, 3.8) is 0 Å². The van der Waals surface area contributed by atoms with Crippen LogP contribution in [0.3, 0.4) is 0 Å². The Balaban J connectivity index is 0.000000147. The van der Waals surface area contributed by atoms with Crippen molar-refractivity contribution < 1.29 is 31.1 Å². The predicted octanol–water partition coefficient (Wildman–Crippen LogP) is 25.3. The van der Waals surface area contributed by atoms with Gasteiger partial charge >= 0.3 is 0 Å². The van der Waals surface area contributed by atoms with E-state index in [-0.39, 0.29) is 43.3 Å². The van der Waals surface area contributed by atoms with E-state index in [1.54, 1.807) is 29.6 Å². The van der Waals surface area contributed by atoms with Crippen LogP contribution in [0.15, 0.2) is 183 Å². The second-order valence-corrected chi connectivity index (χ2v) is 40.1. The highest BCUT2D eigenvalue weighted by Gasteiger charge is 2.43. The minimum absolute atomic E-state index is 0.152. The quantitative estimate of drug-likeness (QED) is 0.148. The molecular formula is C109H142N5+5. The van der Waals surface area contributed by atoms with Gasteiger partial charge in [0.15, 0.2) is 31.0 Å². The number of hydrogen-bond acceptors (Lipinski definition) is 0. The number of hydrogen-bond donors (Lipinski definition) is 0. The van der Waals surface area contributed by atoms with Crippen LogP contribution in [0.5, 0.6) is 0 Å². The van der Waals surface area contributed by atoms with Gasteiger partial charge in [-0.25, -0.2) is 22.8 Å². The van der Waals surface area contributed by atoms with E-state index in [1.807, 2.05) is 48.4 Å². The zero-order valence-corrected chi connectivity index (χ0v) is 75.7. The maximum atomic E-state index is 7.77. The smallest absolute Gasteiger partial charge is 0.201 e. The molecule has 0 fully saturated rings. The van der Waals surface area contributed by atoms with Crippen LogP contribution in [-0.4, -0.2) is 0 Å². The number of aromatic nitrogens is 5. The van der Waals surface area contributed by atoms with Crippen molar-refractivity contribution in [3.05, 3.63) is 288 Å². The Hall–Kier alpha value is -8.93. The molecule has 4 aliphatic carbocycles. The molecule has 598 valence electrons. The molecule has 6 aromatic carbocycles. The first kappa shape index (κ1) is 77.6. The fourth-order valence-corrected chi connectivity index (χ4v) is 18.6. The third-order valence-electron chi connectivity index (χ3n) is 27.2. The minimum atomic E-state index is -2.09. The molecule has 0 amide bonds. The number of rotatable bonds is 6. The molecular weight excluding hydrogens is 1380 g/mol. The summed E-state index contributed by atoms with van der Waals surface area (Å²) in [7, 11) is 10.3. The highest BCUT2D eigenvalue weighted by Crippen LogP contribution is 2.52. The van der Waals surface area contributed by atoms with Crippen LogP contribution in [0, 0.1) is 76.0 Å². The van der Waals surface area contributed by atoms with Crippen LogP contribution >= 0.6 is 0 Å². The predicted molar refractivity (Wildman–Crippen MR) is 484 cm³/mol. The molecule has 11 aromatic rings. The summed E-state index contributed by atoms with van der Waals surface area (Å²) in [4.78, 5) is 0. The largest absolute Gasteiger partial charge is 0.212 e. The van der Waals surface area contributed by atoms with Gasteiger partial charge in [0, 0.05) is 94.2 Å². The molecule has 0 spiro atoms. The summed E-state index contributed by atoms with van der Waals surface area (Å²) in [6.45, 7) is 53.2. The summed E-state index contributed by atoms with van der Waals surface area (Å²) in [6.07, 6.45) is 20.0. The van der Waals surface area contributed by atoms with Crippen molar-refractivity contribution in [1.82, 2.24) is 0 Å². The van der Waals surface area contributed by atoms with Crippen molar-refractivity contribution in [3.8, 4) is 67.4 Å². The van der Waals surface area contributed by atoms with Gasteiger partial charge in [-0.1, -0.05) is 184 Å². The Morgan fingerprint density at radius 3 is 0.860 bits per heavy atom. The normalized spacial score (nSPS) is 18.1. The fourth-order valence-electron chi connectivity index (χ4n) is 18.6. The van der Waals surface area contributed by atoms with Crippen molar-refractivity contribution in [2.45, 2.75) is 281 Å². The maximum absolute atomic E-state index is 7.77. The van der Waals surface area contributed by atoms with Gasteiger partial charge < -0.3 is 0 Å². The Morgan fingerprint density at radius 2 is 0.509 bits per heavy atom. The molecule has 0 saturated carbocycles. The lowest BCUT2D eigenvalue weighted by atomic mass is 9.62. The average Bonchev–Trinajstić information content (AvgIpc) is 0.752. The lowest BCUT2D eigenvalue weighted by Gasteiger charge is -2.42. The van der Waals surface area contributed by atoms with E-state index in [0.29, 0.717) is 11.1 Å². The average molecular weight is 1530 g/mol. The molecule has 5 heteroatoms. The Labute approximate surface area is 699 Å². The van der Waals surface area contributed by atoms with Gasteiger partial charge in [-0.3, -0.25) is 0 Å². The van der Waals surface area contributed by atoms with Crippen LogP contribution in [0.2, 0.25) is 0 Å². The number of aryl methyl sites for hydroxylation is 16. The van der Waals surface area contributed by atoms with E-state index < -0.39 is 13.7 Å². The van der Waals surface area contributed by atoms with Crippen molar-refractivity contribution in [1.29, 1.82) is 0 Å². The van der Waals surface area contributed by atoms with E-state index in [1.165, 1.54) is 185 Å². The lowest BCUT2D eigenvalue weighted by molar-refractivity contribution is -0.660.